The summed E-state index contributed by atoms with van der Waals surface area (Å²) in [5.74, 6) is 0.921. The van der Waals surface area contributed by atoms with Crippen molar-refractivity contribution in [3.63, 3.8) is 0 Å². The van der Waals surface area contributed by atoms with Crippen LogP contribution in [0, 0.1) is 13.8 Å². The van der Waals surface area contributed by atoms with E-state index in [-0.39, 0.29) is 11.7 Å². The zero-order valence-corrected chi connectivity index (χ0v) is 15.4. The molecule has 4 rings (SSSR count). The number of hydrogen-bond donors (Lipinski definition) is 1. The van der Waals surface area contributed by atoms with E-state index in [0.717, 1.165) is 22.6 Å². The molecule has 1 atom stereocenters. The maximum absolute atomic E-state index is 12.8. The van der Waals surface area contributed by atoms with Gasteiger partial charge < -0.3 is 9.40 Å². The van der Waals surface area contributed by atoms with Gasteiger partial charge in [-0.3, -0.25) is 4.79 Å². The second kappa shape index (κ2) is 7.12. The number of ketones is 1. The standard InChI is InChI=1S/C24H21NO2/c1-16-5-9-18(10-6-16)23(20-4-3-15-25-20)21-13-14-22(27-21)24(26)19-11-7-17(2)8-12-19/h3-15,23,25H,1-2H3. The van der Waals surface area contributed by atoms with Gasteiger partial charge in [-0.25, -0.2) is 0 Å². The summed E-state index contributed by atoms with van der Waals surface area (Å²) in [6.07, 6.45) is 1.90. The lowest BCUT2D eigenvalue weighted by Crippen LogP contribution is -2.03. The highest BCUT2D eigenvalue weighted by Crippen LogP contribution is 2.32. The molecular formula is C24H21NO2. The molecule has 1 unspecified atom stereocenters. The van der Waals surface area contributed by atoms with Gasteiger partial charge >= 0.3 is 0 Å². The van der Waals surface area contributed by atoms with Crippen LogP contribution in [-0.2, 0) is 0 Å². The summed E-state index contributed by atoms with van der Waals surface area (Å²) >= 11 is 0. The van der Waals surface area contributed by atoms with Gasteiger partial charge in [0.1, 0.15) is 5.76 Å². The second-order valence-electron chi connectivity index (χ2n) is 6.87. The molecule has 0 amide bonds. The summed E-state index contributed by atoms with van der Waals surface area (Å²) < 4.78 is 6.03. The predicted molar refractivity (Wildman–Crippen MR) is 106 cm³/mol. The summed E-state index contributed by atoms with van der Waals surface area (Å²) in [6, 6.07) is 23.6. The Labute approximate surface area is 158 Å². The third-order valence-electron chi connectivity index (χ3n) is 4.79. The van der Waals surface area contributed by atoms with Crippen molar-refractivity contribution < 1.29 is 9.21 Å². The largest absolute Gasteiger partial charge is 0.457 e. The highest BCUT2D eigenvalue weighted by Gasteiger charge is 2.23. The fraction of sp³-hybridized carbons (Fsp3) is 0.125. The molecule has 134 valence electrons. The van der Waals surface area contributed by atoms with Crippen molar-refractivity contribution in [2.75, 3.05) is 0 Å². The van der Waals surface area contributed by atoms with Crippen LogP contribution in [0.2, 0.25) is 0 Å². The minimum absolute atomic E-state index is 0.0832. The van der Waals surface area contributed by atoms with Gasteiger partial charge in [-0.1, -0.05) is 59.7 Å². The van der Waals surface area contributed by atoms with Crippen molar-refractivity contribution in [2.24, 2.45) is 0 Å². The first-order valence-electron chi connectivity index (χ1n) is 9.03. The number of aryl methyl sites for hydroxylation is 2. The number of aromatic nitrogens is 1. The summed E-state index contributed by atoms with van der Waals surface area (Å²) in [5, 5.41) is 0. The Morgan fingerprint density at radius 2 is 1.52 bits per heavy atom. The van der Waals surface area contributed by atoms with E-state index in [4.69, 9.17) is 4.42 Å². The normalized spacial score (nSPS) is 12.1. The lowest BCUT2D eigenvalue weighted by molar-refractivity contribution is 0.101. The lowest BCUT2D eigenvalue weighted by Gasteiger charge is -2.14. The van der Waals surface area contributed by atoms with Crippen LogP contribution in [0.15, 0.2) is 83.4 Å². The molecule has 0 spiro atoms. The minimum atomic E-state index is -0.101. The molecule has 0 saturated heterocycles. The van der Waals surface area contributed by atoms with Gasteiger partial charge in [0, 0.05) is 17.5 Å². The molecule has 2 aromatic heterocycles. The third kappa shape index (κ3) is 3.49. The molecule has 0 aliphatic rings. The highest BCUT2D eigenvalue weighted by atomic mass is 16.3. The minimum Gasteiger partial charge on any atom is -0.457 e. The molecule has 2 heterocycles. The van der Waals surface area contributed by atoms with Crippen molar-refractivity contribution in [2.45, 2.75) is 19.8 Å². The summed E-state index contributed by atoms with van der Waals surface area (Å²) in [6.45, 7) is 4.07. The van der Waals surface area contributed by atoms with E-state index in [1.807, 2.05) is 55.6 Å². The number of rotatable bonds is 5. The zero-order valence-electron chi connectivity index (χ0n) is 15.4. The van der Waals surface area contributed by atoms with E-state index in [1.165, 1.54) is 5.56 Å². The van der Waals surface area contributed by atoms with Gasteiger partial charge in [0.05, 0.1) is 5.92 Å². The Bertz CT molecular complexity index is 1040. The highest BCUT2D eigenvalue weighted by molar-refractivity contribution is 6.07. The Morgan fingerprint density at radius 3 is 2.15 bits per heavy atom. The van der Waals surface area contributed by atoms with Crippen molar-refractivity contribution in [3.8, 4) is 0 Å². The molecule has 0 saturated carbocycles. The van der Waals surface area contributed by atoms with Crippen molar-refractivity contribution in [3.05, 3.63) is 118 Å². The average Bonchev–Trinajstić information content (AvgIpc) is 3.36. The summed E-state index contributed by atoms with van der Waals surface area (Å²) in [7, 11) is 0. The van der Waals surface area contributed by atoms with Crippen LogP contribution in [0.4, 0.5) is 0 Å². The number of H-pyrrole nitrogens is 1. The number of nitrogens with one attached hydrogen (secondary N) is 1. The molecule has 3 heteroatoms. The Balaban J connectivity index is 1.71. The van der Waals surface area contributed by atoms with E-state index in [9.17, 15) is 4.79 Å². The van der Waals surface area contributed by atoms with E-state index in [2.05, 4.69) is 36.2 Å². The number of carbonyl (C=O) groups excluding carboxylic acids is 1. The number of furan rings is 1. The fourth-order valence-corrected chi connectivity index (χ4v) is 3.26. The molecule has 1 N–H and O–H groups in total. The predicted octanol–water partition coefficient (Wildman–Crippen LogP) is 5.64. The Kier molecular flexibility index (Phi) is 4.51. The van der Waals surface area contributed by atoms with Crippen LogP contribution in [0.5, 0.6) is 0 Å². The quantitative estimate of drug-likeness (QED) is 0.471. The van der Waals surface area contributed by atoms with Crippen LogP contribution in [-0.4, -0.2) is 10.8 Å². The van der Waals surface area contributed by atoms with Crippen LogP contribution < -0.4 is 0 Å². The van der Waals surface area contributed by atoms with Gasteiger partial charge in [-0.05, 0) is 43.7 Å². The Morgan fingerprint density at radius 1 is 0.852 bits per heavy atom. The molecule has 0 bridgehead atoms. The van der Waals surface area contributed by atoms with Crippen molar-refractivity contribution >= 4 is 5.78 Å². The molecule has 0 aliphatic carbocycles. The maximum Gasteiger partial charge on any atom is 0.228 e. The molecular weight excluding hydrogens is 334 g/mol. The van der Waals surface area contributed by atoms with E-state index < -0.39 is 0 Å². The fourth-order valence-electron chi connectivity index (χ4n) is 3.26. The second-order valence-corrected chi connectivity index (χ2v) is 6.87. The smallest absolute Gasteiger partial charge is 0.228 e. The van der Waals surface area contributed by atoms with Crippen LogP contribution in [0.3, 0.4) is 0 Å². The van der Waals surface area contributed by atoms with Crippen LogP contribution in [0.1, 0.15) is 50.2 Å². The lowest BCUT2D eigenvalue weighted by atomic mass is 9.93. The first-order chi connectivity index (χ1) is 13.1. The van der Waals surface area contributed by atoms with E-state index in [0.29, 0.717) is 11.3 Å². The average molecular weight is 355 g/mol. The SMILES string of the molecule is Cc1ccc(C(=O)c2ccc(C(c3ccc(C)cc3)c3ccc[nH]3)o2)cc1. The number of carbonyl (C=O) groups is 1. The molecule has 3 nitrogen and oxygen atoms in total. The monoisotopic (exact) mass is 355 g/mol. The van der Waals surface area contributed by atoms with Crippen LogP contribution >= 0.6 is 0 Å². The molecule has 0 radical (unpaired) electrons. The van der Waals surface area contributed by atoms with E-state index in [1.54, 1.807) is 6.07 Å². The van der Waals surface area contributed by atoms with E-state index >= 15 is 0 Å². The van der Waals surface area contributed by atoms with Gasteiger partial charge in [0.15, 0.2) is 5.76 Å². The maximum atomic E-state index is 12.8. The van der Waals surface area contributed by atoms with Crippen LogP contribution in [0.25, 0.3) is 0 Å². The van der Waals surface area contributed by atoms with Crippen molar-refractivity contribution in [1.82, 2.24) is 4.98 Å². The van der Waals surface area contributed by atoms with Gasteiger partial charge in [0.2, 0.25) is 5.78 Å². The number of benzene rings is 2. The summed E-state index contributed by atoms with van der Waals surface area (Å²) in [5.41, 5.74) is 5.11. The molecule has 4 aromatic rings. The molecule has 0 aliphatic heterocycles. The topological polar surface area (TPSA) is 46.0 Å². The Hall–Kier alpha value is -3.33. The van der Waals surface area contributed by atoms with Gasteiger partial charge in [-0.15, -0.1) is 0 Å². The first-order valence-corrected chi connectivity index (χ1v) is 9.03. The number of aromatic amines is 1. The van der Waals surface area contributed by atoms with Gasteiger partial charge in [-0.2, -0.15) is 0 Å². The third-order valence-corrected chi connectivity index (χ3v) is 4.79. The number of hydrogen-bond acceptors (Lipinski definition) is 2. The molecule has 0 fully saturated rings. The van der Waals surface area contributed by atoms with Crippen molar-refractivity contribution in [1.29, 1.82) is 0 Å². The van der Waals surface area contributed by atoms with Gasteiger partial charge in [0.25, 0.3) is 0 Å². The first kappa shape index (κ1) is 17.1. The summed E-state index contributed by atoms with van der Waals surface area (Å²) in [4.78, 5) is 16.0. The zero-order chi connectivity index (χ0) is 18.8. The molecule has 27 heavy (non-hydrogen) atoms. The molecule has 2 aromatic carbocycles.